The molecule has 1 fully saturated rings. The van der Waals surface area contributed by atoms with E-state index in [1.165, 1.54) is 16.6 Å². The van der Waals surface area contributed by atoms with Gasteiger partial charge in [0.05, 0.1) is 36.7 Å². The van der Waals surface area contributed by atoms with Crippen LogP contribution < -0.4 is 10.3 Å². The summed E-state index contributed by atoms with van der Waals surface area (Å²) < 4.78 is 41.2. The molecule has 0 unspecified atom stereocenters. The van der Waals surface area contributed by atoms with Gasteiger partial charge in [-0.1, -0.05) is 13.8 Å². The average molecular weight is 534 g/mol. The minimum absolute atomic E-state index is 0.0268. The molecular weight excluding hydrogens is 498 g/mol. The van der Waals surface area contributed by atoms with Crippen LogP contribution in [0.15, 0.2) is 22.0 Å². The maximum absolute atomic E-state index is 13.5. The zero-order chi connectivity index (χ0) is 26.7. The van der Waals surface area contributed by atoms with Crippen molar-refractivity contribution < 1.29 is 17.9 Å². The lowest BCUT2D eigenvalue weighted by Crippen LogP contribution is -2.48. The first-order valence-corrected chi connectivity index (χ1v) is 14.1. The summed E-state index contributed by atoms with van der Waals surface area (Å²) >= 11 is 0. The average Bonchev–Trinajstić information content (AvgIpc) is 3.26. The highest BCUT2D eigenvalue weighted by molar-refractivity contribution is 7.89. The van der Waals surface area contributed by atoms with E-state index in [9.17, 15) is 13.2 Å². The highest BCUT2D eigenvalue weighted by Crippen LogP contribution is 2.30. The second-order valence-electron chi connectivity index (χ2n) is 8.94. The number of pyridine rings is 1. The third-order valence-corrected chi connectivity index (χ3v) is 8.51. The summed E-state index contributed by atoms with van der Waals surface area (Å²) in [6, 6.07) is 1.48. The molecule has 0 spiro atoms. The Morgan fingerprint density at radius 3 is 2.49 bits per heavy atom. The number of ether oxygens (including phenoxy) is 2. The number of methoxy groups -OCH3 is 1. The number of piperazine rings is 1. The van der Waals surface area contributed by atoms with Crippen LogP contribution in [0.25, 0.3) is 22.4 Å². The molecule has 1 N–H and O–H groups in total. The number of H-pyrrole nitrogens is 1. The van der Waals surface area contributed by atoms with Crippen molar-refractivity contribution in [3.63, 3.8) is 0 Å². The summed E-state index contributed by atoms with van der Waals surface area (Å²) in [5.41, 5.74) is 1.33. The molecule has 4 rings (SSSR count). The monoisotopic (exact) mass is 533 g/mol. The molecule has 0 radical (unpaired) electrons. The van der Waals surface area contributed by atoms with Crippen LogP contribution in [0.1, 0.15) is 33.4 Å². The van der Waals surface area contributed by atoms with Crippen LogP contribution in [0.3, 0.4) is 0 Å². The number of nitrogens with zero attached hydrogens (tertiary/aromatic N) is 6. The number of aromatic nitrogens is 5. The van der Waals surface area contributed by atoms with E-state index in [1.54, 1.807) is 18.7 Å². The fraction of sp³-hybridized carbons (Fsp3) is 0.583. The standard InChI is InChI=1S/C24H35N7O5S/c1-6-19-20-21(28-31(19)15-16(4)35-5)23(32)27-22(26-20)18-13-17(14-25-24(18)36-8-3)37(33,34)30-11-9-29(7-2)10-12-30/h13-14,16H,6-12,15H2,1-5H3,(H,26,27,32)/t16-/m0/s1. The number of hydrogen-bond donors (Lipinski definition) is 1. The molecule has 0 amide bonds. The van der Waals surface area contributed by atoms with Gasteiger partial charge in [0, 0.05) is 33.3 Å². The number of hydrogen-bond acceptors (Lipinski definition) is 9. The minimum Gasteiger partial charge on any atom is -0.477 e. The first-order chi connectivity index (χ1) is 17.7. The van der Waals surface area contributed by atoms with Crippen molar-refractivity contribution in [1.29, 1.82) is 0 Å². The van der Waals surface area contributed by atoms with Crippen molar-refractivity contribution in [3.8, 4) is 17.3 Å². The van der Waals surface area contributed by atoms with E-state index in [-0.39, 0.29) is 28.2 Å². The van der Waals surface area contributed by atoms with Crippen molar-refractivity contribution in [2.75, 3.05) is 46.4 Å². The van der Waals surface area contributed by atoms with Gasteiger partial charge in [0.15, 0.2) is 5.52 Å². The van der Waals surface area contributed by atoms with Crippen molar-refractivity contribution in [2.24, 2.45) is 0 Å². The highest BCUT2D eigenvalue weighted by atomic mass is 32.2. The molecule has 1 saturated heterocycles. The lowest BCUT2D eigenvalue weighted by Gasteiger charge is -2.33. The Kier molecular flexibility index (Phi) is 8.26. The van der Waals surface area contributed by atoms with Gasteiger partial charge in [-0.05, 0) is 32.9 Å². The first-order valence-electron chi connectivity index (χ1n) is 12.6. The van der Waals surface area contributed by atoms with Crippen LogP contribution in [-0.4, -0.2) is 94.9 Å². The van der Waals surface area contributed by atoms with Gasteiger partial charge in [0.1, 0.15) is 16.2 Å². The predicted molar refractivity (Wildman–Crippen MR) is 139 cm³/mol. The Hall–Kier alpha value is -2.87. The second kappa shape index (κ2) is 11.3. The molecule has 4 heterocycles. The topological polar surface area (TPSA) is 136 Å². The fourth-order valence-corrected chi connectivity index (χ4v) is 5.84. The van der Waals surface area contributed by atoms with E-state index in [2.05, 4.69) is 26.9 Å². The van der Waals surface area contributed by atoms with Crippen molar-refractivity contribution >= 4 is 21.1 Å². The van der Waals surface area contributed by atoms with Crippen molar-refractivity contribution in [3.05, 3.63) is 28.3 Å². The normalized spacial score (nSPS) is 16.4. The molecule has 1 aliphatic rings. The summed E-state index contributed by atoms with van der Waals surface area (Å²) in [6.07, 6.45) is 1.79. The summed E-state index contributed by atoms with van der Waals surface area (Å²) in [7, 11) is -2.17. The highest BCUT2D eigenvalue weighted by Gasteiger charge is 2.30. The summed E-state index contributed by atoms with van der Waals surface area (Å²) in [6.45, 7) is 11.5. The maximum atomic E-state index is 13.5. The number of aromatic amines is 1. The fourth-order valence-electron chi connectivity index (χ4n) is 4.44. The van der Waals surface area contributed by atoms with E-state index >= 15 is 0 Å². The van der Waals surface area contributed by atoms with Gasteiger partial charge in [-0.2, -0.15) is 9.40 Å². The third-order valence-electron chi connectivity index (χ3n) is 6.65. The number of fused-ring (bicyclic) bond motifs is 1. The molecule has 12 nitrogen and oxygen atoms in total. The Bertz CT molecular complexity index is 1410. The molecule has 37 heavy (non-hydrogen) atoms. The van der Waals surface area contributed by atoms with E-state index in [0.717, 1.165) is 12.2 Å². The molecule has 0 bridgehead atoms. The van der Waals surface area contributed by atoms with E-state index in [1.807, 2.05) is 13.8 Å². The van der Waals surface area contributed by atoms with E-state index in [4.69, 9.17) is 14.5 Å². The Morgan fingerprint density at radius 1 is 1.14 bits per heavy atom. The number of aryl methyl sites for hydroxylation is 1. The number of rotatable bonds is 10. The van der Waals surface area contributed by atoms with Gasteiger partial charge in [-0.25, -0.2) is 18.4 Å². The van der Waals surface area contributed by atoms with Crippen LogP contribution in [-0.2, 0) is 27.7 Å². The van der Waals surface area contributed by atoms with Gasteiger partial charge in [-0.15, -0.1) is 0 Å². The largest absolute Gasteiger partial charge is 0.477 e. The number of likely N-dealkylation sites (N-methyl/N-ethyl adjacent to an activating group) is 1. The van der Waals surface area contributed by atoms with Gasteiger partial charge in [0.25, 0.3) is 5.56 Å². The molecule has 3 aromatic rings. The summed E-state index contributed by atoms with van der Waals surface area (Å²) in [5, 5.41) is 4.47. The summed E-state index contributed by atoms with van der Waals surface area (Å²) in [5.74, 6) is 0.369. The van der Waals surface area contributed by atoms with E-state index < -0.39 is 15.6 Å². The zero-order valence-corrected chi connectivity index (χ0v) is 22.8. The van der Waals surface area contributed by atoms with Gasteiger partial charge < -0.3 is 19.4 Å². The third kappa shape index (κ3) is 5.40. The SMILES string of the molecule is CCOc1ncc(S(=O)(=O)N2CCN(CC)CC2)cc1-c1nc2c(CC)n(C[C@H](C)OC)nc2c(=O)[nH]1. The molecule has 1 aliphatic heterocycles. The van der Waals surface area contributed by atoms with E-state index in [0.29, 0.717) is 56.8 Å². The second-order valence-corrected chi connectivity index (χ2v) is 10.9. The summed E-state index contributed by atoms with van der Waals surface area (Å²) in [4.78, 5) is 27.1. The maximum Gasteiger partial charge on any atom is 0.279 e. The lowest BCUT2D eigenvalue weighted by molar-refractivity contribution is 0.0992. The molecule has 0 aliphatic carbocycles. The molecule has 1 atom stereocenters. The van der Waals surface area contributed by atoms with Crippen molar-refractivity contribution in [2.45, 2.75) is 51.7 Å². The number of nitrogens with one attached hydrogen (secondary N) is 1. The predicted octanol–water partition coefficient (Wildman–Crippen LogP) is 1.50. The van der Waals surface area contributed by atoms with Crippen LogP contribution in [0.4, 0.5) is 0 Å². The molecular formula is C24H35N7O5S. The zero-order valence-electron chi connectivity index (χ0n) is 22.0. The van der Waals surface area contributed by atoms with Crippen molar-refractivity contribution in [1.82, 2.24) is 33.9 Å². The molecule has 202 valence electrons. The van der Waals surface area contributed by atoms with Gasteiger partial charge >= 0.3 is 0 Å². The Morgan fingerprint density at radius 2 is 1.86 bits per heavy atom. The van der Waals surface area contributed by atoms with Crippen LogP contribution in [0.5, 0.6) is 5.88 Å². The van der Waals surface area contributed by atoms with Gasteiger partial charge in [-0.3, -0.25) is 9.48 Å². The van der Waals surface area contributed by atoms with Crippen LogP contribution in [0, 0.1) is 0 Å². The Labute approximate surface area is 216 Å². The Balaban J connectivity index is 1.81. The lowest BCUT2D eigenvalue weighted by atomic mass is 10.2. The molecule has 0 saturated carbocycles. The van der Waals surface area contributed by atoms with Gasteiger partial charge in [0.2, 0.25) is 15.9 Å². The number of sulfonamides is 1. The first kappa shape index (κ1) is 27.2. The molecule has 0 aromatic carbocycles. The van der Waals surface area contributed by atoms with Crippen LogP contribution >= 0.6 is 0 Å². The minimum atomic E-state index is -3.80. The molecule has 13 heteroatoms. The van der Waals surface area contributed by atoms with Crippen LogP contribution in [0.2, 0.25) is 0 Å². The molecule has 3 aromatic heterocycles. The smallest absolute Gasteiger partial charge is 0.279 e. The quantitative estimate of drug-likeness (QED) is 0.411.